The largest absolute Gasteiger partial charge is 0.379 e. The summed E-state index contributed by atoms with van der Waals surface area (Å²) >= 11 is 0. The molecule has 0 aliphatic carbocycles. The number of amides is 3. The van der Waals surface area contributed by atoms with Gasteiger partial charge in [0.15, 0.2) is 0 Å². The highest BCUT2D eigenvalue weighted by Gasteiger charge is 2.13. The van der Waals surface area contributed by atoms with Gasteiger partial charge in [0.25, 0.3) is 5.91 Å². The molecule has 7 nitrogen and oxygen atoms in total. The monoisotopic (exact) mass is 424 g/mol. The molecule has 1 fully saturated rings. The average molecular weight is 425 g/mol. The van der Waals surface area contributed by atoms with Crippen LogP contribution in [0, 0.1) is 0 Å². The van der Waals surface area contributed by atoms with Crippen LogP contribution in [0.1, 0.15) is 40.9 Å². The van der Waals surface area contributed by atoms with Crippen LogP contribution in [0.5, 0.6) is 0 Å². The quantitative estimate of drug-likeness (QED) is 0.609. The molecule has 31 heavy (non-hydrogen) atoms. The summed E-state index contributed by atoms with van der Waals surface area (Å²) < 4.78 is 5.42. The van der Waals surface area contributed by atoms with Crippen LogP contribution in [0.2, 0.25) is 0 Å². The van der Waals surface area contributed by atoms with Crippen LogP contribution < -0.4 is 16.0 Å². The van der Waals surface area contributed by atoms with E-state index in [0.29, 0.717) is 18.7 Å². The van der Waals surface area contributed by atoms with Gasteiger partial charge in [-0.15, -0.1) is 0 Å². The fourth-order valence-corrected chi connectivity index (χ4v) is 3.43. The van der Waals surface area contributed by atoms with Crippen molar-refractivity contribution in [1.29, 1.82) is 0 Å². The number of ether oxygens (including phenoxy) is 1. The van der Waals surface area contributed by atoms with Crippen LogP contribution in [0.25, 0.3) is 0 Å². The van der Waals surface area contributed by atoms with Crippen LogP contribution in [0.4, 0.5) is 4.79 Å². The van der Waals surface area contributed by atoms with Crippen molar-refractivity contribution in [3.05, 3.63) is 70.8 Å². The number of carbonyl (C=O) groups is 2. The molecule has 3 rings (SSSR count). The summed E-state index contributed by atoms with van der Waals surface area (Å²) in [5.74, 6) is -0.113. The maximum Gasteiger partial charge on any atom is 0.315 e. The van der Waals surface area contributed by atoms with Gasteiger partial charge < -0.3 is 20.7 Å². The predicted octanol–water partition coefficient (Wildman–Crippen LogP) is 2.66. The van der Waals surface area contributed by atoms with Gasteiger partial charge in [0.1, 0.15) is 0 Å². The van der Waals surface area contributed by atoms with Crippen molar-refractivity contribution >= 4 is 11.9 Å². The number of benzene rings is 2. The third-order valence-electron chi connectivity index (χ3n) is 5.14. The van der Waals surface area contributed by atoms with Crippen LogP contribution >= 0.6 is 0 Å². The van der Waals surface area contributed by atoms with Crippen LogP contribution in [0.15, 0.2) is 48.5 Å². The van der Waals surface area contributed by atoms with Gasteiger partial charge in [-0.05, 0) is 42.7 Å². The minimum Gasteiger partial charge on any atom is -0.379 e. The van der Waals surface area contributed by atoms with E-state index in [4.69, 9.17) is 4.74 Å². The first kappa shape index (κ1) is 22.8. The molecule has 0 saturated carbocycles. The maximum absolute atomic E-state index is 12.6. The topological polar surface area (TPSA) is 82.7 Å². The van der Waals surface area contributed by atoms with Crippen molar-refractivity contribution in [2.45, 2.75) is 39.5 Å². The van der Waals surface area contributed by atoms with E-state index in [-0.39, 0.29) is 18.0 Å². The number of nitrogens with zero attached hydrogens (tertiary/aromatic N) is 1. The molecule has 0 radical (unpaired) electrons. The van der Waals surface area contributed by atoms with Gasteiger partial charge in [0.2, 0.25) is 0 Å². The smallest absolute Gasteiger partial charge is 0.315 e. The zero-order valence-electron chi connectivity index (χ0n) is 18.3. The molecule has 1 aliphatic rings. The first-order chi connectivity index (χ1) is 15.0. The Morgan fingerprint density at radius 1 is 0.935 bits per heavy atom. The number of morpholine rings is 1. The van der Waals surface area contributed by atoms with Crippen molar-refractivity contribution in [2.75, 3.05) is 26.3 Å². The molecule has 0 spiro atoms. The summed E-state index contributed by atoms with van der Waals surface area (Å²) in [6.07, 6.45) is 0. The number of nitrogens with one attached hydrogen (secondary N) is 3. The van der Waals surface area contributed by atoms with Gasteiger partial charge >= 0.3 is 6.03 Å². The van der Waals surface area contributed by atoms with E-state index in [0.717, 1.165) is 44.0 Å². The molecule has 166 valence electrons. The van der Waals surface area contributed by atoms with Gasteiger partial charge in [0, 0.05) is 44.3 Å². The number of carbonyl (C=O) groups excluding carboxylic acids is 2. The highest BCUT2D eigenvalue weighted by atomic mass is 16.5. The van der Waals surface area contributed by atoms with Crippen LogP contribution in [-0.2, 0) is 24.4 Å². The lowest BCUT2D eigenvalue weighted by Crippen LogP contribution is -2.39. The first-order valence-corrected chi connectivity index (χ1v) is 10.8. The molecule has 0 unspecified atom stereocenters. The summed E-state index contributed by atoms with van der Waals surface area (Å²) in [5.41, 5.74) is 3.89. The molecule has 1 aliphatic heterocycles. The highest BCUT2D eigenvalue weighted by Crippen LogP contribution is 2.13. The molecule has 0 bridgehead atoms. The lowest BCUT2D eigenvalue weighted by molar-refractivity contribution is 0.0340. The van der Waals surface area contributed by atoms with E-state index in [1.54, 1.807) is 12.1 Å². The number of hydrogen-bond donors (Lipinski definition) is 3. The van der Waals surface area contributed by atoms with Gasteiger partial charge in [-0.3, -0.25) is 9.69 Å². The Morgan fingerprint density at radius 3 is 2.29 bits per heavy atom. The molecular weight excluding hydrogens is 392 g/mol. The summed E-state index contributed by atoms with van der Waals surface area (Å²) in [7, 11) is 0. The maximum atomic E-state index is 12.6. The molecule has 2 aromatic carbocycles. The zero-order valence-corrected chi connectivity index (χ0v) is 18.3. The van der Waals surface area contributed by atoms with Crippen molar-refractivity contribution in [3.63, 3.8) is 0 Å². The number of hydrogen-bond acceptors (Lipinski definition) is 4. The third-order valence-corrected chi connectivity index (χ3v) is 5.14. The second kappa shape index (κ2) is 11.5. The number of rotatable bonds is 8. The molecule has 2 aromatic rings. The fourth-order valence-electron chi connectivity index (χ4n) is 3.43. The van der Waals surface area contributed by atoms with Gasteiger partial charge in [0.05, 0.1) is 13.2 Å². The Bertz CT molecular complexity index is 861. The minimum absolute atomic E-state index is 0.0880. The second-order valence-corrected chi connectivity index (χ2v) is 8.02. The van der Waals surface area contributed by atoms with Crippen molar-refractivity contribution in [1.82, 2.24) is 20.9 Å². The summed E-state index contributed by atoms with van der Waals surface area (Å²) in [4.78, 5) is 26.7. The Hall–Kier alpha value is -2.90. The standard InChI is InChI=1S/C24H32N4O3/c1-18(2)27-24(30)26-15-19-7-9-20(10-8-19)23(29)25-16-21-5-3-4-6-22(21)17-28-11-13-31-14-12-28/h3-10,18H,11-17H2,1-2H3,(H,25,29)(H2,26,27,30). The van der Waals surface area contributed by atoms with E-state index in [2.05, 4.69) is 33.0 Å². The van der Waals surface area contributed by atoms with E-state index in [1.807, 2.05) is 38.1 Å². The summed E-state index contributed by atoms with van der Waals surface area (Å²) in [5, 5.41) is 8.61. The van der Waals surface area contributed by atoms with Crippen LogP contribution in [-0.4, -0.2) is 49.2 Å². The Labute approximate surface area is 184 Å². The summed E-state index contributed by atoms with van der Waals surface area (Å²) in [6, 6.07) is 15.4. The van der Waals surface area contributed by atoms with Gasteiger partial charge in [-0.25, -0.2) is 4.79 Å². The molecule has 7 heteroatoms. The van der Waals surface area contributed by atoms with Crippen molar-refractivity contribution in [3.8, 4) is 0 Å². The molecule has 1 heterocycles. The second-order valence-electron chi connectivity index (χ2n) is 8.02. The molecule has 3 N–H and O–H groups in total. The molecule has 3 amide bonds. The first-order valence-electron chi connectivity index (χ1n) is 10.8. The van der Waals surface area contributed by atoms with E-state index >= 15 is 0 Å². The molecule has 1 saturated heterocycles. The average Bonchev–Trinajstić information content (AvgIpc) is 2.77. The minimum atomic E-state index is -0.201. The normalized spacial score (nSPS) is 14.3. The Kier molecular flexibility index (Phi) is 8.44. The fraction of sp³-hybridized carbons (Fsp3) is 0.417. The van der Waals surface area contributed by atoms with Gasteiger partial charge in [-0.1, -0.05) is 36.4 Å². The van der Waals surface area contributed by atoms with Gasteiger partial charge in [-0.2, -0.15) is 0 Å². The van der Waals surface area contributed by atoms with Crippen LogP contribution in [0.3, 0.4) is 0 Å². The van der Waals surface area contributed by atoms with E-state index in [9.17, 15) is 9.59 Å². The molecule has 0 aromatic heterocycles. The van der Waals surface area contributed by atoms with E-state index < -0.39 is 0 Å². The zero-order chi connectivity index (χ0) is 22.1. The summed E-state index contributed by atoms with van der Waals surface area (Å²) in [6.45, 7) is 8.98. The third kappa shape index (κ3) is 7.38. The predicted molar refractivity (Wildman–Crippen MR) is 121 cm³/mol. The van der Waals surface area contributed by atoms with Crippen molar-refractivity contribution < 1.29 is 14.3 Å². The van der Waals surface area contributed by atoms with E-state index in [1.165, 1.54) is 5.56 Å². The lowest BCUT2D eigenvalue weighted by Gasteiger charge is -2.27. The molecular formula is C24H32N4O3. The highest BCUT2D eigenvalue weighted by molar-refractivity contribution is 5.94. The Balaban J connectivity index is 1.51. The Morgan fingerprint density at radius 2 is 1.61 bits per heavy atom. The number of urea groups is 1. The van der Waals surface area contributed by atoms with Crippen molar-refractivity contribution in [2.24, 2.45) is 0 Å². The SMILES string of the molecule is CC(C)NC(=O)NCc1ccc(C(=O)NCc2ccccc2CN2CCOCC2)cc1. The molecule has 0 atom stereocenters. The lowest BCUT2D eigenvalue weighted by atomic mass is 10.1.